The Morgan fingerprint density at radius 1 is 1.10 bits per heavy atom. The molecule has 5 rings (SSSR count). The van der Waals surface area contributed by atoms with E-state index in [1.807, 2.05) is 0 Å². The van der Waals surface area contributed by atoms with Gasteiger partial charge in [0.15, 0.2) is 0 Å². The van der Waals surface area contributed by atoms with E-state index in [9.17, 15) is 13.6 Å². The first-order valence-electron chi connectivity index (χ1n) is 11.7. The highest BCUT2D eigenvalue weighted by Crippen LogP contribution is 2.30. The van der Waals surface area contributed by atoms with E-state index in [4.69, 9.17) is 15.9 Å². The lowest BCUT2D eigenvalue weighted by Gasteiger charge is -2.20. The third-order valence-corrected chi connectivity index (χ3v) is 6.05. The molecule has 1 unspecified atom stereocenters. The van der Waals surface area contributed by atoms with Gasteiger partial charge in [-0.05, 0) is 42.8 Å². The first-order chi connectivity index (χ1) is 18.8. The van der Waals surface area contributed by atoms with Crippen LogP contribution in [0, 0.1) is 17.0 Å². The number of nitrogens with zero attached hydrogens (tertiary/aromatic N) is 5. The van der Waals surface area contributed by atoms with E-state index in [1.165, 1.54) is 50.0 Å². The molecule has 0 aliphatic heterocycles. The second kappa shape index (κ2) is 10.2. The van der Waals surface area contributed by atoms with Crippen molar-refractivity contribution in [2.75, 3.05) is 18.2 Å². The summed E-state index contributed by atoms with van der Waals surface area (Å²) in [7, 11) is 1.49. The summed E-state index contributed by atoms with van der Waals surface area (Å²) in [5, 5.41) is 11.9. The highest BCUT2D eigenvalue weighted by molar-refractivity contribution is 6.16. The molecule has 0 aliphatic rings. The predicted octanol–water partition coefficient (Wildman–Crippen LogP) is 4.00. The van der Waals surface area contributed by atoms with Crippen LogP contribution in [0.1, 0.15) is 29.8 Å². The molecular formula is C27H22F2N8O2. The smallest absolute Gasteiger partial charge is 0.266 e. The maximum atomic E-state index is 14.2. The number of hydrogen-bond donors (Lipinski definition) is 3. The van der Waals surface area contributed by atoms with Crippen molar-refractivity contribution < 1.29 is 13.5 Å². The molecule has 39 heavy (non-hydrogen) atoms. The van der Waals surface area contributed by atoms with Crippen molar-refractivity contribution in [3.05, 3.63) is 106 Å². The van der Waals surface area contributed by atoms with Crippen molar-refractivity contribution in [2.24, 2.45) is 0 Å². The van der Waals surface area contributed by atoms with Gasteiger partial charge in [0.2, 0.25) is 5.88 Å². The number of rotatable bonds is 7. The minimum absolute atomic E-state index is 0.00493. The molecule has 4 aromatic heterocycles. The number of anilines is 2. The summed E-state index contributed by atoms with van der Waals surface area (Å²) in [4.78, 5) is 30.6. The fourth-order valence-corrected chi connectivity index (χ4v) is 4.18. The molecular weight excluding hydrogens is 506 g/mol. The van der Waals surface area contributed by atoms with E-state index in [0.29, 0.717) is 11.4 Å². The minimum Gasteiger partial charge on any atom is -0.481 e. The van der Waals surface area contributed by atoms with Gasteiger partial charge in [0, 0.05) is 24.0 Å². The number of methoxy groups -OCH3 is 1. The van der Waals surface area contributed by atoms with Crippen LogP contribution in [0.4, 0.5) is 20.4 Å². The van der Waals surface area contributed by atoms with E-state index in [-0.39, 0.29) is 45.4 Å². The van der Waals surface area contributed by atoms with Crippen LogP contribution in [-0.2, 0) is 0 Å². The number of aromatic nitrogens is 5. The SMILES string of the molecule is COc1ccc(C(=N)c2c(N)ncnc2NC(C)c2nc3ccc(F)cn3c(=O)c2-c2cccc(F)c2)cn1. The number of hydrogen-bond acceptors (Lipinski definition) is 9. The van der Waals surface area contributed by atoms with E-state index in [2.05, 4.69) is 25.3 Å². The first kappa shape index (κ1) is 25.4. The van der Waals surface area contributed by atoms with Gasteiger partial charge in [-0.2, -0.15) is 0 Å². The monoisotopic (exact) mass is 528 g/mol. The largest absolute Gasteiger partial charge is 0.481 e. The van der Waals surface area contributed by atoms with Gasteiger partial charge < -0.3 is 15.8 Å². The standard InChI is InChI=1S/C27H22F2N8O2/c1-14(35-26-22(25(31)33-13-34-26)23(30)16-6-9-20(39-2)32-11-16)24-21(15-4-3-5-17(28)10-15)27(38)37-12-18(29)7-8-19(37)36-24/h3-14,30H,1-2H3,(H3,31,33,34,35). The Balaban J connectivity index is 1.62. The molecule has 1 aromatic carbocycles. The Bertz CT molecular complexity index is 1770. The molecule has 12 heteroatoms. The van der Waals surface area contributed by atoms with Gasteiger partial charge in [-0.15, -0.1) is 0 Å². The van der Waals surface area contributed by atoms with Gasteiger partial charge in [0.1, 0.15) is 35.2 Å². The van der Waals surface area contributed by atoms with Crippen molar-refractivity contribution in [3.63, 3.8) is 0 Å². The number of nitrogens with two attached hydrogens (primary N) is 1. The van der Waals surface area contributed by atoms with E-state index >= 15 is 0 Å². The fraction of sp³-hybridized carbons (Fsp3) is 0.111. The lowest BCUT2D eigenvalue weighted by atomic mass is 10.0. The Hall–Kier alpha value is -5.26. The number of fused-ring (bicyclic) bond motifs is 1. The van der Waals surface area contributed by atoms with Crippen LogP contribution in [-0.4, -0.2) is 37.2 Å². The summed E-state index contributed by atoms with van der Waals surface area (Å²) in [6, 6.07) is 10.7. The number of halogens is 2. The molecule has 0 saturated carbocycles. The van der Waals surface area contributed by atoms with Crippen LogP contribution in [0.5, 0.6) is 5.88 Å². The topological polar surface area (TPSA) is 144 Å². The normalized spacial score (nSPS) is 11.8. The Labute approximate surface area is 220 Å². The van der Waals surface area contributed by atoms with E-state index in [1.54, 1.807) is 25.1 Å². The van der Waals surface area contributed by atoms with Crippen LogP contribution in [0.25, 0.3) is 16.8 Å². The summed E-state index contributed by atoms with van der Waals surface area (Å²) in [6.45, 7) is 1.73. The summed E-state index contributed by atoms with van der Waals surface area (Å²) in [5.74, 6) is -0.525. The number of ether oxygens (including phenoxy) is 1. The summed E-state index contributed by atoms with van der Waals surface area (Å²) < 4.78 is 34.3. The molecule has 0 amide bonds. The lowest BCUT2D eigenvalue weighted by molar-refractivity contribution is 0.398. The summed E-state index contributed by atoms with van der Waals surface area (Å²) in [6.07, 6.45) is 3.74. The summed E-state index contributed by atoms with van der Waals surface area (Å²) in [5.41, 5.74) is 7.05. The van der Waals surface area contributed by atoms with Crippen molar-refractivity contribution in [1.29, 1.82) is 5.41 Å². The second-order valence-corrected chi connectivity index (χ2v) is 8.58. The highest BCUT2D eigenvalue weighted by Gasteiger charge is 2.23. The molecule has 0 radical (unpaired) electrons. The summed E-state index contributed by atoms with van der Waals surface area (Å²) >= 11 is 0. The molecule has 4 heterocycles. The van der Waals surface area contributed by atoms with Crippen LogP contribution >= 0.6 is 0 Å². The zero-order valence-electron chi connectivity index (χ0n) is 20.8. The molecule has 4 N–H and O–H groups in total. The Kier molecular flexibility index (Phi) is 6.67. The van der Waals surface area contributed by atoms with Crippen molar-refractivity contribution in [2.45, 2.75) is 13.0 Å². The third kappa shape index (κ3) is 4.87. The zero-order valence-corrected chi connectivity index (χ0v) is 20.8. The van der Waals surface area contributed by atoms with Gasteiger partial charge in [0.05, 0.1) is 35.7 Å². The van der Waals surface area contributed by atoms with Crippen LogP contribution in [0.3, 0.4) is 0 Å². The second-order valence-electron chi connectivity index (χ2n) is 8.58. The number of pyridine rings is 2. The molecule has 10 nitrogen and oxygen atoms in total. The minimum atomic E-state index is -0.694. The number of benzene rings is 1. The van der Waals surface area contributed by atoms with Gasteiger partial charge >= 0.3 is 0 Å². The molecule has 0 aliphatic carbocycles. The predicted molar refractivity (Wildman–Crippen MR) is 142 cm³/mol. The quantitative estimate of drug-likeness (QED) is 0.269. The van der Waals surface area contributed by atoms with Crippen LogP contribution in [0.2, 0.25) is 0 Å². The van der Waals surface area contributed by atoms with E-state index in [0.717, 1.165) is 10.6 Å². The Morgan fingerprint density at radius 2 is 1.92 bits per heavy atom. The molecule has 0 saturated heterocycles. The molecule has 1 atom stereocenters. The van der Waals surface area contributed by atoms with Crippen molar-refractivity contribution in [1.82, 2.24) is 24.3 Å². The number of nitrogens with one attached hydrogen (secondary N) is 2. The Morgan fingerprint density at radius 3 is 2.64 bits per heavy atom. The molecule has 5 aromatic rings. The molecule has 0 bridgehead atoms. The van der Waals surface area contributed by atoms with Crippen molar-refractivity contribution >= 4 is 23.0 Å². The van der Waals surface area contributed by atoms with Gasteiger partial charge in [-0.25, -0.2) is 28.7 Å². The maximum absolute atomic E-state index is 14.2. The lowest BCUT2D eigenvalue weighted by Crippen LogP contribution is -2.24. The highest BCUT2D eigenvalue weighted by atomic mass is 19.1. The van der Waals surface area contributed by atoms with Crippen molar-refractivity contribution in [3.8, 4) is 17.0 Å². The van der Waals surface area contributed by atoms with Gasteiger partial charge in [0.25, 0.3) is 5.56 Å². The molecule has 0 fully saturated rings. The maximum Gasteiger partial charge on any atom is 0.266 e. The third-order valence-electron chi connectivity index (χ3n) is 6.05. The molecule has 0 spiro atoms. The molecule has 196 valence electrons. The average molecular weight is 529 g/mol. The fourth-order valence-electron chi connectivity index (χ4n) is 4.18. The van der Waals surface area contributed by atoms with Gasteiger partial charge in [-0.3, -0.25) is 14.6 Å². The average Bonchev–Trinajstić information content (AvgIpc) is 2.93. The van der Waals surface area contributed by atoms with Crippen LogP contribution < -0.4 is 21.3 Å². The van der Waals surface area contributed by atoms with Crippen LogP contribution in [0.15, 0.2) is 72.0 Å². The van der Waals surface area contributed by atoms with E-state index < -0.39 is 23.2 Å². The first-order valence-corrected chi connectivity index (χ1v) is 11.7. The van der Waals surface area contributed by atoms with Gasteiger partial charge in [-0.1, -0.05) is 12.1 Å². The zero-order chi connectivity index (χ0) is 27.7. The number of nitrogen functional groups attached to an aromatic ring is 1.